The molecule has 0 aliphatic heterocycles. The first-order valence-corrected chi connectivity index (χ1v) is 9.98. The molecule has 0 heterocycles. The van der Waals surface area contributed by atoms with Gasteiger partial charge in [0, 0.05) is 24.1 Å². The fraction of sp³-hybridized carbons (Fsp3) is 0.333. The highest BCUT2D eigenvalue weighted by Crippen LogP contribution is 2.32. The van der Waals surface area contributed by atoms with E-state index in [1.807, 2.05) is 65.6 Å². The van der Waals surface area contributed by atoms with Crippen LogP contribution in [0.3, 0.4) is 0 Å². The lowest BCUT2D eigenvalue weighted by atomic mass is 9.80. The number of amides is 2. The number of hydrogen-bond donors (Lipinski definition) is 1. The molecule has 1 saturated carbocycles. The quantitative estimate of drug-likeness (QED) is 0.731. The molecule has 0 atom stereocenters. The normalized spacial score (nSPS) is 18.9. The van der Waals surface area contributed by atoms with E-state index in [-0.39, 0.29) is 23.7 Å². The molecule has 0 saturated heterocycles. The Bertz CT molecular complexity index is 781. The molecule has 0 spiro atoms. The maximum absolute atomic E-state index is 13.4. The van der Waals surface area contributed by atoms with Crippen molar-refractivity contribution in [2.24, 2.45) is 11.8 Å². The van der Waals surface area contributed by atoms with Gasteiger partial charge in [-0.05, 0) is 43.4 Å². The highest BCUT2D eigenvalue weighted by molar-refractivity contribution is 5.95. The lowest BCUT2D eigenvalue weighted by Gasteiger charge is -2.32. The molecule has 4 nitrogen and oxygen atoms in total. The Balaban J connectivity index is 1.68. The highest BCUT2D eigenvalue weighted by Gasteiger charge is 2.32. The molecule has 1 N–H and O–H groups in total. The van der Waals surface area contributed by atoms with Crippen LogP contribution >= 0.6 is 0 Å². The predicted molar refractivity (Wildman–Crippen MR) is 113 cm³/mol. The molecular weight excluding hydrogens is 348 g/mol. The molecule has 3 rings (SSSR count). The van der Waals surface area contributed by atoms with Gasteiger partial charge in [0.05, 0.1) is 6.54 Å². The molecule has 146 valence electrons. The van der Waals surface area contributed by atoms with Gasteiger partial charge in [-0.25, -0.2) is 0 Å². The summed E-state index contributed by atoms with van der Waals surface area (Å²) in [7, 11) is 0. The van der Waals surface area contributed by atoms with Gasteiger partial charge >= 0.3 is 0 Å². The van der Waals surface area contributed by atoms with Crippen LogP contribution in [0.1, 0.15) is 31.2 Å². The van der Waals surface area contributed by atoms with E-state index in [0.717, 1.165) is 36.9 Å². The second-order valence-electron chi connectivity index (χ2n) is 7.33. The average molecular weight is 377 g/mol. The Morgan fingerprint density at radius 3 is 2.11 bits per heavy atom. The topological polar surface area (TPSA) is 49.4 Å². The monoisotopic (exact) mass is 376 g/mol. The van der Waals surface area contributed by atoms with E-state index < -0.39 is 0 Å². The van der Waals surface area contributed by atoms with E-state index in [0.29, 0.717) is 13.1 Å². The van der Waals surface area contributed by atoms with E-state index in [4.69, 9.17) is 0 Å². The summed E-state index contributed by atoms with van der Waals surface area (Å²) in [6.45, 7) is 4.69. The van der Waals surface area contributed by atoms with Gasteiger partial charge in [0.2, 0.25) is 11.8 Å². The second-order valence-corrected chi connectivity index (χ2v) is 7.33. The fourth-order valence-corrected chi connectivity index (χ4v) is 3.81. The van der Waals surface area contributed by atoms with Gasteiger partial charge in [0.25, 0.3) is 0 Å². The largest absolute Gasteiger partial charge is 0.352 e. The number of carbonyl (C=O) groups excluding carboxylic acids is 2. The molecule has 1 aliphatic carbocycles. The van der Waals surface area contributed by atoms with Gasteiger partial charge in [-0.2, -0.15) is 0 Å². The minimum absolute atomic E-state index is 0.00305. The first-order chi connectivity index (χ1) is 13.7. The van der Waals surface area contributed by atoms with Crippen molar-refractivity contribution in [2.45, 2.75) is 32.2 Å². The van der Waals surface area contributed by atoms with Crippen molar-refractivity contribution in [1.82, 2.24) is 5.32 Å². The molecule has 0 bridgehead atoms. The van der Waals surface area contributed by atoms with Gasteiger partial charge in [-0.3, -0.25) is 9.59 Å². The Morgan fingerprint density at radius 1 is 0.929 bits per heavy atom. The SMILES string of the molecule is C=CCNC(=O)C1CCC(C(=O)N(Cc2ccccc2)c2ccccc2)CC1. The Kier molecular flexibility index (Phi) is 7.01. The number of para-hydroxylation sites is 1. The first kappa shape index (κ1) is 19.9. The third kappa shape index (κ3) is 5.10. The maximum Gasteiger partial charge on any atom is 0.230 e. The number of hydrogen-bond acceptors (Lipinski definition) is 2. The molecule has 1 fully saturated rings. The van der Waals surface area contributed by atoms with E-state index in [1.165, 1.54) is 0 Å². The zero-order valence-electron chi connectivity index (χ0n) is 16.2. The van der Waals surface area contributed by atoms with Crippen molar-refractivity contribution >= 4 is 17.5 Å². The summed E-state index contributed by atoms with van der Waals surface area (Å²) in [5, 5.41) is 2.88. The van der Waals surface area contributed by atoms with Crippen molar-refractivity contribution in [2.75, 3.05) is 11.4 Å². The molecule has 1 aliphatic rings. The minimum atomic E-state index is -0.0348. The zero-order valence-corrected chi connectivity index (χ0v) is 16.2. The summed E-state index contributed by atoms with van der Waals surface area (Å²) in [5.74, 6) is 0.200. The number of carbonyl (C=O) groups is 2. The summed E-state index contributed by atoms with van der Waals surface area (Å²) in [5.41, 5.74) is 2.03. The van der Waals surface area contributed by atoms with Crippen molar-refractivity contribution < 1.29 is 9.59 Å². The number of anilines is 1. The lowest BCUT2D eigenvalue weighted by Crippen LogP contribution is -2.39. The molecule has 2 amide bonds. The molecule has 0 radical (unpaired) electrons. The van der Waals surface area contributed by atoms with Crippen LogP contribution in [0.2, 0.25) is 0 Å². The predicted octanol–water partition coefficient (Wildman–Crippen LogP) is 4.33. The summed E-state index contributed by atoms with van der Waals surface area (Å²) < 4.78 is 0. The van der Waals surface area contributed by atoms with Crippen molar-refractivity contribution in [3.8, 4) is 0 Å². The molecule has 2 aromatic carbocycles. The standard InChI is InChI=1S/C24H28N2O2/c1-2-17-25-23(27)20-13-15-21(16-14-20)24(28)26(22-11-7-4-8-12-22)18-19-9-5-3-6-10-19/h2-12,20-21H,1,13-18H2,(H,25,27). The number of rotatable bonds is 7. The van der Waals surface area contributed by atoms with E-state index >= 15 is 0 Å². The average Bonchev–Trinajstić information content (AvgIpc) is 2.77. The summed E-state index contributed by atoms with van der Waals surface area (Å²) in [4.78, 5) is 27.4. The van der Waals surface area contributed by atoms with Gasteiger partial charge < -0.3 is 10.2 Å². The van der Waals surface area contributed by atoms with E-state index in [9.17, 15) is 9.59 Å². The molecule has 2 aromatic rings. The fourth-order valence-electron chi connectivity index (χ4n) is 3.81. The third-order valence-corrected chi connectivity index (χ3v) is 5.39. The number of nitrogens with zero attached hydrogens (tertiary/aromatic N) is 1. The second kappa shape index (κ2) is 9.88. The van der Waals surface area contributed by atoms with Crippen LogP contribution in [0, 0.1) is 11.8 Å². The van der Waals surface area contributed by atoms with E-state index in [1.54, 1.807) is 6.08 Å². The first-order valence-electron chi connectivity index (χ1n) is 9.98. The van der Waals surface area contributed by atoms with Gasteiger partial charge in [-0.15, -0.1) is 6.58 Å². The van der Waals surface area contributed by atoms with Crippen molar-refractivity contribution in [3.63, 3.8) is 0 Å². The molecular formula is C24H28N2O2. The summed E-state index contributed by atoms with van der Waals surface area (Å²) in [6.07, 6.45) is 4.71. The maximum atomic E-state index is 13.4. The van der Waals surface area contributed by atoms with Crippen LogP contribution in [0.25, 0.3) is 0 Å². The third-order valence-electron chi connectivity index (χ3n) is 5.39. The van der Waals surface area contributed by atoms with Crippen LogP contribution in [-0.2, 0) is 16.1 Å². The molecule has 28 heavy (non-hydrogen) atoms. The van der Waals surface area contributed by atoms with Crippen molar-refractivity contribution in [3.05, 3.63) is 78.9 Å². The number of nitrogens with one attached hydrogen (secondary N) is 1. The minimum Gasteiger partial charge on any atom is -0.352 e. The lowest BCUT2D eigenvalue weighted by molar-refractivity contribution is -0.129. The molecule has 4 heteroatoms. The highest BCUT2D eigenvalue weighted by atomic mass is 16.2. The van der Waals surface area contributed by atoms with Crippen molar-refractivity contribution in [1.29, 1.82) is 0 Å². The van der Waals surface area contributed by atoms with Gasteiger partial charge in [0.15, 0.2) is 0 Å². The summed E-state index contributed by atoms with van der Waals surface area (Å²) in [6, 6.07) is 19.9. The Hall–Kier alpha value is -2.88. The Morgan fingerprint density at radius 2 is 1.50 bits per heavy atom. The van der Waals surface area contributed by atoms with Crippen LogP contribution < -0.4 is 10.2 Å². The Labute approximate surface area is 167 Å². The van der Waals surface area contributed by atoms with E-state index in [2.05, 4.69) is 11.9 Å². The molecule has 0 aromatic heterocycles. The van der Waals surface area contributed by atoms with Crippen LogP contribution in [0.15, 0.2) is 73.3 Å². The number of benzene rings is 2. The van der Waals surface area contributed by atoms with Crippen LogP contribution in [-0.4, -0.2) is 18.4 Å². The zero-order chi connectivity index (χ0) is 19.8. The smallest absolute Gasteiger partial charge is 0.230 e. The van der Waals surface area contributed by atoms with Gasteiger partial charge in [0.1, 0.15) is 0 Å². The summed E-state index contributed by atoms with van der Waals surface area (Å²) >= 11 is 0. The van der Waals surface area contributed by atoms with Crippen LogP contribution in [0.5, 0.6) is 0 Å². The van der Waals surface area contributed by atoms with Crippen LogP contribution in [0.4, 0.5) is 5.69 Å². The molecule has 0 unspecified atom stereocenters. The van der Waals surface area contributed by atoms with Gasteiger partial charge in [-0.1, -0.05) is 54.6 Å².